The maximum Gasteiger partial charge on any atom is 0.419 e. The molecule has 0 radical (unpaired) electrons. The molecular weight excluding hydrogens is 368 g/mol. The van der Waals surface area contributed by atoms with E-state index in [9.17, 15) is 21.6 Å². The molecule has 1 saturated heterocycles. The summed E-state index contributed by atoms with van der Waals surface area (Å²) in [5, 5.41) is -0.660. The van der Waals surface area contributed by atoms with Gasteiger partial charge in [-0.3, -0.25) is 4.57 Å². The van der Waals surface area contributed by atoms with Crippen LogP contribution >= 0.6 is 0 Å². The molecule has 0 N–H and O–H groups in total. The molecule has 2 heterocycles. The van der Waals surface area contributed by atoms with Gasteiger partial charge in [0.1, 0.15) is 0 Å². The fraction of sp³-hybridized carbons (Fsp3) is 0.533. The van der Waals surface area contributed by atoms with E-state index in [0.29, 0.717) is 11.1 Å². The van der Waals surface area contributed by atoms with Crippen LogP contribution in [-0.2, 0) is 26.9 Å². The van der Waals surface area contributed by atoms with Gasteiger partial charge in [-0.2, -0.15) is 4.31 Å². The molecule has 3 rings (SSSR count). The number of sulfonamides is 1. The van der Waals surface area contributed by atoms with Gasteiger partial charge in [0, 0.05) is 20.1 Å². The lowest BCUT2D eigenvalue weighted by Gasteiger charge is -2.37. The molecule has 1 fully saturated rings. The van der Waals surface area contributed by atoms with Crippen molar-refractivity contribution >= 4 is 31.0 Å². The van der Waals surface area contributed by atoms with E-state index < -0.39 is 30.9 Å². The Bertz CT molecular complexity index is 1070. The zero-order chi connectivity index (χ0) is 18.6. The van der Waals surface area contributed by atoms with Gasteiger partial charge >= 0.3 is 5.76 Å². The number of fused-ring (bicyclic) bond motifs is 1. The molecule has 1 aliphatic rings. The van der Waals surface area contributed by atoms with Crippen LogP contribution in [0.5, 0.6) is 0 Å². The fourth-order valence-electron chi connectivity index (χ4n) is 2.84. The Morgan fingerprint density at radius 1 is 1.20 bits per heavy atom. The normalized spacial score (nSPS) is 17.3. The minimum Gasteiger partial charge on any atom is -0.408 e. The van der Waals surface area contributed by atoms with Gasteiger partial charge in [-0.1, -0.05) is 13.8 Å². The van der Waals surface area contributed by atoms with Crippen LogP contribution in [0.25, 0.3) is 11.1 Å². The van der Waals surface area contributed by atoms with E-state index in [-0.39, 0.29) is 29.7 Å². The van der Waals surface area contributed by atoms with Crippen LogP contribution in [0.15, 0.2) is 32.3 Å². The number of aryl methyl sites for hydroxylation is 1. The first kappa shape index (κ1) is 18.2. The van der Waals surface area contributed by atoms with Gasteiger partial charge in [0.05, 0.1) is 21.4 Å². The SMILES string of the molecule is CC(C)CS(=O)(=O)C1CN(S(=O)(=O)c2ccc3oc(=O)n(C)c3c2)C1. The highest BCUT2D eigenvalue weighted by Crippen LogP contribution is 2.28. The van der Waals surface area contributed by atoms with Crippen molar-refractivity contribution in [3.05, 3.63) is 28.7 Å². The number of aromatic nitrogens is 1. The summed E-state index contributed by atoms with van der Waals surface area (Å²) in [6.07, 6.45) is 0. The van der Waals surface area contributed by atoms with E-state index in [1.165, 1.54) is 29.8 Å². The van der Waals surface area contributed by atoms with Crippen molar-refractivity contribution in [2.24, 2.45) is 13.0 Å². The van der Waals surface area contributed by atoms with Crippen LogP contribution in [0.3, 0.4) is 0 Å². The van der Waals surface area contributed by atoms with Crippen LogP contribution in [0.4, 0.5) is 0 Å². The first-order valence-corrected chi connectivity index (χ1v) is 11.0. The zero-order valence-corrected chi connectivity index (χ0v) is 15.8. The average Bonchev–Trinajstić information content (AvgIpc) is 2.69. The summed E-state index contributed by atoms with van der Waals surface area (Å²) in [4.78, 5) is 11.5. The minimum atomic E-state index is -3.81. The van der Waals surface area contributed by atoms with E-state index in [1.807, 2.05) is 13.8 Å². The Kier molecular flexibility index (Phi) is 4.33. The molecular formula is C15H20N2O6S2. The summed E-state index contributed by atoms with van der Waals surface area (Å²) in [6, 6.07) is 4.15. The number of hydrogen-bond acceptors (Lipinski definition) is 6. The number of hydrogen-bond donors (Lipinski definition) is 0. The Balaban J connectivity index is 1.84. The quantitative estimate of drug-likeness (QED) is 0.741. The number of rotatable bonds is 5. The van der Waals surface area contributed by atoms with E-state index in [1.54, 1.807) is 0 Å². The second-order valence-corrected chi connectivity index (χ2v) is 11.0. The third-order valence-corrected chi connectivity index (χ3v) is 8.56. The second kappa shape index (κ2) is 5.96. The summed E-state index contributed by atoms with van der Waals surface area (Å²) < 4.78 is 57.1. The van der Waals surface area contributed by atoms with Crippen molar-refractivity contribution in [3.8, 4) is 0 Å². The smallest absolute Gasteiger partial charge is 0.408 e. The molecule has 0 saturated carbocycles. The molecule has 0 atom stereocenters. The Morgan fingerprint density at radius 2 is 1.84 bits per heavy atom. The van der Waals surface area contributed by atoms with E-state index >= 15 is 0 Å². The zero-order valence-electron chi connectivity index (χ0n) is 14.2. The van der Waals surface area contributed by atoms with Crippen LogP contribution in [0.2, 0.25) is 0 Å². The first-order chi connectivity index (χ1) is 11.5. The van der Waals surface area contributed by atoms with Gasteiger partial charge in [0.15, 0.2) is 15.4 Å². The predicted molar refractivity (Wildman–Crippen MR) is 92.6 cm³/mol. The highest BCUT2D eigenvalue weighted by Gasteiger charge is 2.43. The van der Waals surface area contributed by atoms with Crippen LogP contribution in [0, 0.1) is 5.92 Å². The average molecular weight is 388 g/mol. The standard InChI is InChI=1S/C15H20N2O6S2/c1-10(2)9-24(19,20)12-7-17(8-12)25(21,22)11-4-5-14-13(6-11)16(3)15(18)23-14/h4-6,10,12H,7-9H2,1-3H3. The maximum atomic E-state index is 12.7. The molecule has 0 unspecified atom stereocenters. The van der Waals surface area contributed by atoms with Crippen molar-refractivity contribution < 1.29 is 21.3 Å². The highest BCUT2D eigenvalue weighted by atomic mass is 32.2. The van der Waals surface area contributed by atoms with E-state index in [2.05, 4.69) is 0 Å². The van der Waals surface area contributed by atoms with Gasteiger partial charge in [0.25, 0.3) is 0 Å². The van der Waals surface area contributed by atoms with Gasteiger partial charge in [-0.25, -0.2) is 21.6 Å². The Hall–Kier alpha value is -1.65. The molecule has 0 aliphatic carbocycles. The van der Waals surface area contributed by atoms with Crippen molar-refractivity contribution in [2.75, 3.05) is 18.8 Å². The fourth-order valence-corrected chi connectivity index (χ4v) is 6.60. The van der Waals surface area contributed by atoms with Crippen molar-refractivity contribution in [1.29, 1.82) is 0 Å². The predicted octanol–water partition coefficient (Wildman–Crippen LogP) is 0.575. The molecule has 2 aromatic rings. The summed E-state index contributed by atoms with van der Waals surface area (Å²) in [5.41, 5.74) is 0.669. The molecule has 0 bridgehead atoms. The lowest BCUT2D eigenvalue weighted by atomic mass is 10.3. The molecule has 1 aromatic carbocycles. The summed E-state index contributed by atoms with van der Waals surface area (Å²) >= 11 is 0. The molecule has 0 amide bonds. The molecule has 138 valence electrons. The van der Waals surface area contributed by atoms with E-state index in [4.69, 9.17) is 4.42 Å². The molecule has 25 heavy (non-hydrogen) atoms. The molecule has 0 spiro atoms. The van der Waals surface area contributed by atoms with Gasteiger partial charge in [0.2, 0.25) is 10.0 Å². The van der Waals surface area contributed by atoms with Gasteiger partial charge in [-0.05, 0) is 24.1 Å². The molecule has 8 nitrogen and oxygen atoms in total. The minimum absolute atomic E-state index is 0.000409. The van der Waals surface area contributed by atoms with Crippen molar-refractivity contribution in [3.63, 3.8) is 0 Å². The number of oxazole rings is 1. The molecule has 1 aliphatic heterocycles. The number of sulfone groups is 1. The third-order valence-electron chi connectivity index (χ3n) is 4.29. The summed E-state index contributed by atoms with van der Waals surface area (Å²) in [5.74, 6) is -0.525. The maximum absolute atomic E-state index is 12.7. The first-order valence-electron chi connectivity index (χ1n) is 7.83. The largest absolute Gasteiger partial charge is 0.419 e. The monoisotopic (exact) mass is 388 g/mol. The van der Waals surface area contributed by atoms with Crippen LogP contribution < -0.4 is 5.76 Å². The lowest BCUT2D eigenvalue weighted by molar-refractivity contribution is 0.309. The van der Waals surface area contributed by atoms with Gasteiger partial charge < -0.3 is 4.42 Å². The van der Waals surface area contributed by atoms with Gasteiger partial charge in [-0.15, -0.1) is 0 Å². The third kappa shape index (κ3) is 3.13. The van der Waals surface area contributed by atoms with Crippen molar-refractivity contribution in [1.82, 2.24) is 8.87 Å². The highest BCUT2D eigenvalue weighted by molar-refractivity contribution is 7.92. The second-order valence-electron chi connectivity index (χ2n) is 6.72. The summed E-state index contributed by atoms with van der Waals surface area (Å²) in [7, 11) is -5.63. The molecule has 1 aromatic heterocycles. The van der Waals surface area contributed by atoms with Crippen molar-refractivity contribution in [2.45, 2.75) is 24.0 Å². The topological polar surface area (TPSA) is 107 Å². The number of benzene rings is 1. The molecule has 10 heteroatoms. The van der Waals surface area contributed by atoms with Crippen LogP contribution in [0.1, 0.15) is 13.8 Å². The lowest BCUT2D eigenvalue weighted by Crippen LogP contribution is -2.57. The Labute approximate surface area is 146 Å². The van der Waals surface area contributed by atoms with E-state index in [0.717, 1.165) is 4.31 Å². The Morgan fingerprint density at radius 3 is 2.44 bits per heavy atom. The van der Waals surface area contributed by atoms with Crippen LogP contribution in [-0.4, -0.2) is 49.8 Å². The number of nitrogens with zero attached hydrogens (tertiary/aromatic N) is 2. The summed E-state index contributed by atoms with van der Waals surface area (Å²) in [6.45, 7) is 3.55.